The molecule has 154 valence electrons. The average molecular weight is 427 g/mol. The maximum Gasteiger partial charge on any atom is 0.273 e. The number of hydrogen-bond acceptors (Lipinski definition) is 5. The van der Waals surface area contributed by atoms with Crippen LogP contribution in [-0.4, -0.2) is 25.9 Å². The standard InChI is InChI=1S/C21H19ClN4O4/c22-18-9-8-16(25(27)28)13-17(18)21-20-7-3-10-23(20)11-4-12-24(21)14-15-5-1-2-6-19(15)26(29)30/h1-3,5-10,13,21H,4,11-12,14H2/t21-/m1/s1. The van der Waals surface area contributed by atoms with Gasteiger partial charge in [0, 0.05) is 65.9 Å². The second-order valence-corrected chi connectivity index (χ2v) is 7.61. The van der Waals surface area contributed by atoms with E-state index in [1.54, 1.807) is 18.2 Å². The van der Waals surface area contributed by atoms with Crippen LogP contribution in [0.1, 0.15) is 29.3 Å². The highest BCUT2D eigenvalue weighted by Crippen LogP contribution is 2.38. The van der Waals surface area contributed by atoms with Crippen LogP contribution in [0, 0.1) is 20.2 Å². The van der Waals surface area contributed by atoms with Gasteiger partial charge in [-0.1, -0.05) is 29.8 Å². The van der Waals surface area contributed by atoms with Gasteiger partial charge in [0.25, 0.3) is 11.4 Å². The summed E-state index contributed by atoms with van der Waals surface area (Å²) in [7, 11) is 0. The number of aromatic nitrogens is 1. The molecule has 0 aliphatic carbocycles. The number of halogens is 1. The Morgan fingerprint density at radius 2 is 1.80 bits per heavy atom. The molecule has 0 saturated heterocycles. The predicted octanol–water partition coefficient (Wildman–Crippen LogP) is 4.95. The average Bonchev–Trinajstić information content (AvgIpc) is 3.11. The Hall–Kier alpha value is -3.23. The van der Waals surface area contributed by atoms with Gasteiger partial charge in [-0.2, -0.15) is 0 Å². The molecule has 2 aromatic carbocycles. The van der Waals surface area contributed by atoms with Crippen LogP contribution in [0.5, 0.6) is 0 Å². The highest BCUT2D eigenvalue weighted by atomic mass is 35.5. The summed E-state index contributed by atoms with van der Waals surface area (Å²) in [5.41, 5.74) is 2.18. The molecule has 1 aliphatic heterocycles. The van der Waals surface area contributed by atoms with Crippen molar-refractivity contribution in [2.45, 2.75) is 25.6 Å². The van der Waals surface area contributed by atoms with Crippen molar-refractivity contribution in [1.82, 2.24) is 9.47 Å². The molecule has 8 nitrogen and oxygen atoms in total. The molecule has 0 amide bonds. The molecule has 0 unspecified atom stereocenters. The number of nitrogens with zero attached hydrogens (tertiary/aromatic N) is 4. The van der Waals surface area contributed by atoms with Gasteiger partial charge < -0.3 is 4.57 Å². The van der Waals surface area contributed by atoms with Gasteiger partial charge in [-0.05, 0) is 24.6 Å². The van der Waals surface area contributed by atoms with Crippen molar-refractivity contribution in [3.63, 3.8) is 0 Å². The third-order valence-corrected chi connectivity index (χ3v) is 5.75. The Morgan fingerprint density at radius 3 is 2.57 bits per heavy atom. The van der Waals surface area contributed by atoms with E-state index in [-0.39, 0.29) is 22.3 Å². The Labute approximate surface area is 177 Å². The first-order valence-electron chi connectivity index (χ1n) is 9.51. The van der Waals surface area contributed by atoms with E-state index >= 15 is 0 Å². The molecule has 0 fully saturated rings. The second-order valence-electron chi connectivity index (χ2n) is 7.20. The summed E-state index contributed by atoms with van der Waals surface area (Å²) in [6, 6.07) is 14.6. The number of hydrogen-bond donors (Lipinski definition) is 0. The van der Waals surface area contributed by atoms with E-state index in [2.05, 4.69) is 9.47 Å². The Balaban J connectivity index is 1.83. The lowest BCUT2D eigenvalue weighted by Gasteiger charge is -2.31. The first kappa shape index (κ1) is 20.1. The highest BCUT2D eigenvalue weighted by molar-refractivity contribution is 6.31. The van der Waals surface area contributed by atoms with Crippen LogP contribution in [0.4, 0.5) is 11.4 Å². The Kier molecular flexibility index (Phi) is 5.52. The van der Waals surface area contributed by atoms with Gasteiger partial charge >= 0.3 is 0 Å². The van der Waals surface area contributed by atoms with E-state index in [1.165, 1.54) is 24.3 Å². The predicted molar refractivity (Wildman–Crippen MR) is 113 cm³/mol. The van der Waals surface area contributed by atoms with Gasteiger partial charge in [0.05, 0.1) is 15.9 Å². The van der Waals surface area contributed by atoms with Crippen molar-refractivity contribution in [1.29, 1.82) is 0 Å². The van der Waals surface area contributed by atoms with E-state index in [1.807, 2.05) is 18.3 Å². The molecule has 1 atom stereocenters. The normalized spacial score (nSPS) is 16.6. The fourth-order valence-corrected chi connectivity index (χ4v) is 4.28. The monoisotopic (exact) mass is 426 g/mol. The molecule has 30 heavy (non-hydrogen) atoms. The number of aryl methyl sites for hydroxylation is 1. The number of nitro benzene ring substituents is 2. The summed E-state index contributed by atoms with van der Waals surface area (Å²) in [6.45, 7) is 1.78. The van der Waals surface area contributed by atoms with E-state index in [0.717, 1.165) is 18.7 Å². The fraction of sp³-hybridized carbons (Fsp3) is 0.238. The zero-order valence-electron chi connectivity index (χ0n) is 16.0. The molecule has 1 aliphatic rings. The topological polar surface area (TPSA) is 94.5 Å². The maximum atomic E-state index is 11.5. The number of rotatable bonds is 5. The lowest BCUT2D eigenvalue weighted by atomic mass is 10.00. The van der Waals surface area contributed by atoms with E-state index in [0.29, 0.717) is 29.2 Å². The minimum Gasteiger partial charge on any atom is -0.350 e. The lowest BCUT2D eigenvalue weighted by molar-refractivity contribution is -0.385. The quantitative estimate of drug-likeness (QED) is 0.424. The number of benzene rings is 2. The van der Waals surface area contributed by atoms with Crippen LogP contribution in [0.3, 0.4) is 0 Å². The van der Waals surface area contributed by atoms with E-state index in [9.17, 15) is 20.2 Å². The zero-order chi connectivity index (χ0) is 21.3. The van der Waals surface area contributed by atoms with Gasteiger partial charge in [-0.3, -0.25) is 25.1 Å². The minimum atomic E-state index is -0.443. The van der Waals surface area contributed by atoms with Crippen LogP contribution < -0.4 is 0 Å². The summed E-state index contributed by atoms with van der Waals surface area (Å²) in [4.78, 5) is 24.1. The van der Waals surface area contributed by atoms with Gasteiger partial charge in [-0.15, -0.1) is 0 Å². The van der Waals surface area contributed by atoms with Crippen LogP contribution in [-0.2, 0) is 13.1 Å². The molecule has 1 aromatic heterocycles. The summed E-state index contributed by atoms with van der Waals surface area (Å²) >= 11 is 6.50. The van der Waals surface area contributed by atoms with Gasteiger partial charge in [0.15, 0.2) is 0 Å². The molecule has 3 aromatic rings. The largest absolute Gasteiger partial charge is 0.350 e. The number of para-hydroxylation sites is 1. The summed E-state index contributed by atoms with van der Waals surface area (Å²) in [6.07, 6.45) is 2.81. The molecule has 0 spiro atoms. The minimum absolute atomic E-state index is 0.0394. The fourth-order valence-electron chi connectivity index (χ4n) is 4.06. The van der Waals surface area contributed by atoms with E-state index < -0.39 is 4.92 Å². The highest BCUT2D eigenvalue weighted by Gasteiger charge is 2.31. The molecule has 0 saturated carbocycles. The zero-order valence-corrected chi connectivity index (χ0v) is 16.7. The van der Waals surface area contributed by atoms with Crippen molar-refractivity contribution in [2.24, 2.45) is 0 Å². The summed E-state index contributed by atoms with van der Waals surface area (Å²) in [5.74, 6) is 0. The van der Waals surface area contributed by atoms with E-state index in [4.69, 9.17) is 11.6 Å². The van der Waals surface area contributed by atoms with Crippen LogP contribution in [0.2, 0.25) is 5.02 Å². The molecule has 0 N–H and O–H groups in total. The molecule has 9 heteroatoms. The van der Waals surface area contributed by atoms with Gasteiger partial charge in [0.2, 0.25) is 0 Å². The third-order valence-electron chi connectivity index (χ3n) is 5.40. The van der Waals surface area contributed by atoms with Crippen molar-refractivity contribution in [3.8, 4) is 0 Å². The van der Waals surface area contributed by atoms with Crippen molar-refractivity contribution in [3.05, 3.63) is 103 Å². The molecular formula is C21H19ClN4O4. The first-order valence-corrected chi connectivity index (χ1v) is 9.88. The number of nitro groups is 2. The molecule has 0 bridgehead atoms. The first-order chi connectivity index (χ1) is 14.5. The maximum absolute atomic E-state index is 11.5. The summed E-state index contributed by atoms with van der Waals surface area (Å²) < 4.78 is 2.11. The number of fused-ring (bicyclic) bond motifs is 1. The van der Waals surface area contributed by atoms with Crippen LogP contribution in [0.15, 0.2) is 60.8 Å². The lowest BCUT2D eigenvalue weighted by Crippen LogP contribution is -2.30. The van der Waals surface area contributed by atoms with Gasteiger partial charge in [-0.25, -0.2) is 0 Å². The Bertz CT molecular complexity index is 1110. The molecular weight excluding hydrogens is 408 g/mol. The van der Waals surface area contributed by atoms with Crippen LogP contribution >= 0.6 is 11.6 Å². The molecule has 4 rings (SSSR count). The second kappa shape index (κ2) is 8.25. The van der Waals surface area contributed by atoms with Gasteiger partial charge in [0.1, 0.15) is 0 Å². The van der Waals surface area contributed by atoms with Crippen LogP contribution in [0.25, 0.3) is 0 Å². The third kappa shape index (κ3) is 3.79. The van der Waals surface area contributed by atoms with Crippen molar-refractivity contribution < 1.29 is 9.85 Å². The number of non-ortho nitro benzene ring substituents is 1. The van der Waals surface area contributed by atoms with Crippen molar-refractivity contribution >= 4 is 23.0 Å². The molecule has 2 heterocycles. The summed E-state index contributed by atoms with van der Waals surface area (Å²) in [5, 5.41) is 23.3. The van der Waals surface area contributed by atoms with Crippen molar-refractivity contribution in [2.75, 3.05) is 6.54 Å². The smallest absolute Gasteiger partial charge is 0.273 e. The Morgan fingerprint density at radius 1 is 1.00 bits per heavy atom. The SMILES string of the molecule is O=[N+]([O-])c1ccc(Cl)c([C@@H]2c3cccn3CCCN2Cc2ccccc2[N+](=O)[O-])c1. The molecule has 0 radical (unpaired) electrons.